The number of hydrogen-bond acceptors (Lipinski definition) is 4. The predicted molar refractivity (Wildman–Crippen MR) is 98.9 cm³/mol. The third kappa shape index (κ3) is 4.37. The van der Waals surface area contributed by atoms with Gasteiger partial charge >= 0.3 is 0 Å². The van der Waals surface area contributed by atoms with Crippen molar-refractivity contribution in [2.24, 2.45) is 0 Å². The Morgan fingerprint density at radius 1 is 1.00 bits per heavy atom. The maximum atomic E-state index is 12.6. The van der Waals surface area contributed by atoms with Crippen LogP contribution < -0.4 is 5.32 Å². The van der Waals surface area contributed by atoms with Crippen LogP contribution in [-0.2, 0) is 23.1 Å². The highest BCUT2D eigenvalue weighted by Gasteiger charge is 2.25. The van der Waals surface area contributed by atoms with Gasteiger partial charge in [-0.3, -0.25) is 0 Å². The Morgan fingerprint density at radius 3 is 2.33 bits per heavy atom. The minimum absolute atomic E-state index is 0.387. The molecule has 1 fully saturated rings. The molecule has 0 atom stereocenters. The van der Waals surface area contributed by atoms with Gasteiger partial charge in [-0.15, -0.1) is 11.3 Å². The zero-order chi connectivity index (χ0) is 17.0. The third-order valence-electron chi connectivity index (χ3n) is 4.13. The monoisotopic (exact) mass is 384 g/mol. The van der Waals surface area contributed by atoms with Crippen LogP contribution in [0.3, 0.4) is 0 Å². The number of sulfonamides is 1. The minimum Gasteiger partial charge on any atom is -0.308 e. The van der Waals surface area contributed by atoms with Gasteiger partial charge in [-0.1, -0.05) is 30.2 Å². The van der Waals surface area contributed by atoms with Crippen LogP contribution in [-0.4, -0.2) is 25.8 Å². The predicted octanol–water partition coefficient (Wildman–Crippen LogP) is 3.87. The van der Waals surface area contributed by atoms with Gasteiger partial charge in [0.05, 0.1) is 9.23 Å². The molecular formula is C17H21ClN2O2S2. The lowest BCUT2D eigenvalue weighted by molar-refractivity contribution is 0.346. The zero-order valence-corrected chi connectivity index (χ0v) is 15.8. The number of hydrogen-bond donors (Lipinski definition) is 1. The highest BCUT2D eigenvalue weighted by atomic mass is 35.5. The van der Waals surface area contributed by atoms with E-state index in [1.165, 1.54) is 4.88 Å². The Balaban J connectivity index is 1.58. The molecule has 1 N–H and O–H groups in total. The first-order chi connectivity index (χ1) is 11.6. The fourth-order valence-electron chi connectivity index (χ4n) is 2.81. The molecule has 2 aromatic rings. The molecule has 1 aliphatic rings. The molecule has 0 aliphatic carbocycles. The zero-order valence-electron chi connectivity index (χ0n) is 13.4. The van der Waals surface area contributed by atoms with Crippen LogP contribution in [0.5, 0.6) is 0 Å². The molecule has 130 valence electrons. The van der Waals surface area contributed by atoms with Crippen molar-refractivity contribution in [2.75, 3.05) is 13.1 Å². The van der Waals surface area contributed by atoms with E-state index in [2.05, 4.69) is 5.32 Å². The number of rotatable bonds is 6. The third-order valence-corrected chi connectivity index (χ3v) is 7.28. The Kier molecular flexibility index (Phi) is 5.94. The van der Waals surface area contributed by atoms with Crippen molar-refractivity contribution in [3.05, 3.63) is 51.2 Å². The smallest absolute Gasteiger partial charge is 0.243 e. The first kappa shape index (κ1) is 17.9. The van der Waals surface area contributed by atoms with Crippen molar-refractivity contribution in [3.63, 3.8) is 0 Å². The lowest BCUT2D eigenvalue weighted by atomic mass is 10.2. The van der Waals surface area contributed by atoms with Gasteiger partial charge in [-0.2, -0.15) is 4.31 Å². The van der Waals surface area contributed by atoms with Gasteiger partial charge in [0, 0.05) is 31.1 Å². The van der Waals surface area contributed by atoms with Gasteiger partial charge in [0.15, 0.2) is 0 Å². The molecule has 2 heterocycles. The summed E-state index contributed by atoms with van der Waals surface area (Å²) in [5.41, 5.74) is 1.07. The van der Waals surface area contributed by atoms with E-state index in [1.807, 2.05) is 24.3 Å². The van der Waals surface area contributed by atoms with Crippen LogP contribution in [0.2, 0.25) is 4.34 Å². The van der Waals surface area contributed by atoms with Crippen molar-refractivity contribution in [1.82, 2.24) is 9.62 Å². The molecule has 0 radical (unpaired) electrons. The molecule has 0 amide bonds. The fourth-order valence-corrected chi connectivity index (χ4v) is 5.38. The number of benzene rings is 1. The minimum atomic E-state index is -3.34. The SMILES string of the molecule is O=S(=O)(c1ccc(CNCc2ccc(Cl)s2)cc1)N1CCCCC1. The van der Waals surface area contributed by atoms with E-state index in [0.29, 0.717) is 24.5 Å². The number of halogens is 1. The number of thiophene rings is 1. The normalized spacial score (nSPS) is 16.4. The summed E-state index contributed by atoms with van der Waals surface area (Å²) in [6.07, 6.45) is 3.02. The first-order valence-corrected chi connectivity index (χ1v) is 10.7. The Labute approximate surface area is 152 Å². The second-order valence-electron chi connectivity index (χ2n) is 5.92. The van der Waals surface area contributed by atoms with Crippen LogP contribution in [0.4, 0.5) is 0 Å². The lowest BCUT2D eigenvalue weighted by Gasteiger charge is -2.25. The second kappa shape index (κ2) is 7.97. The summed E-state index contributed by atoms with van der Waals surface area (Å²) in [5, 5.41) is 3.34. The van der Waals surface area contributed by atoms with E-state index >= 15 is 0 Å². The second-order valence-corrected chi connectivity index (χ2v) is 9.66. The summed E-state index contributed by atoms with van der Waals surface area (Å²) < 4.78 is 27.6. The van der Waals surface area contributed by atoms with Crippen molar-refractivity contribution < 1.29 is 8.42 Å². The largest absolute Gasteiger partial charge is 0.308 e. The fraction of sp³-hybridized carbons (Fsp3) is 0.412. The summed E-state index contributed by atoms with van der Waals surface area (Å²) in [7, 11) is -3.34. The standard InChI is InChI=1S/C17H21ClN2O2S2/c18-17-9-6-15(23-17)13-19-12-14-4-7-16(8-5-14)24(21,22)20-10-2-1-3-11-20/h4-9,19H,1-3,10-13H2. The maximum absolute atomic E-state index is 12.6. The van der Waals surface area contributed by atoms with Crippen LogP contribution in [0.1, 0.15) is 29.7 Å². The number of piperidine rings is 1. The van der Waals surface area contributed by atoms with Gasteiger partial charge in [0.1, 0.15) is 0 Å². The van der Waals surface area contributed by atoms with Gasteiger partial charge < -0.3 is 5.32 Å². The molecule has 3 rings (SSSR count). The summed E-state index contributed by atoms with van der Waals surface area (Å²) in [6.45, 7) is 2.72. The first-order valence-electron chi connectivity index (χ1n) is 8.10. The quantitative estimate of drug-likeness (QED) is 0.822. The van der Waals surface area contributed by atoms with Gasteiger partial charge in [-0.05, 0) is 42.7 Å². The molecule has 1 aliphatic heterocycles. The van der Waals surface area contributed by atoms with E-state index in [0.717, 1.165) is 35.7 Å². The molecule has 0 saturated carbocycles. The highest BCUT2D eigenvalue weighted by Crippen LogP contribution is 2.22. The van der Waals surface area contributed by atoms with Crippen molar-refractivity contribution in [3.8, 4) is 0 Å². The van der Waals surface area contributed by atoms with Gasteiger partial charge in [0.25, 0.3) is 0 Å². The molecule has 24 heavy (non-hydrogen) atoms. The van der Waals surface area contributed by atoms with E-state index in [-0.39, 0.29) is 0 Å². The maximum Gasteiger partial charge on any atom is 0.243 e. The summed E-state index contributed by atoms with van der Waals surface area (Å²) >= 11 is 7.47. The summed E-state index contributed by atoms with van der Waals surface area (Å²) in [5.74, 6) is 0. The van der Waals surface area contributed by atoms with E-state index < -0.39 is 10.0 Å². The molecule has 1 aromatic heterocycles. The van der Waals surface area contributed by atoms with Crippen LogP contribution in [0, 0.1) is 0 Å². The molecule has 0 unspecified atom stereocenters. The molecule has 7 heteroatoms. The average Bonchev–Trinajstić information content (AvgIpc) is 3.01. The molecule has 0 bridgehead atoms. The summed E-state index contributed by atoms with van der Waals surface area (Å²) in [6, 6.07) is 11.1. The van der Waals surface area contributed by atoms with Gasteiger partial charge in [-0.25, -0.2) is 8.42 Å². The Hall–Kier alpha value is -0.920. The molecule has 1 saturated heterocycles. The lowest BCUT2D eigenvalue weighted by Crippen LogP contribution is -2.35. The molecular weight excluding hydrogens is 364 g/mol. The molecule has 0 spiro atoms. The summed E-state index contributed by atoms with van der Waals surface area (Å²) in [4.78, 5) is 1.57. The molecule has 4 nitrogen and oxygen atoms in total. The topological polar surface area (TPSA) is 49.4 Å². The van der Waals surface area contributed by atoms with E-state index in [1.54, 1.807) is 27.8 Å². The van der Waals surface area contributed by atoms with Gasteiger partial charge in [0.2, 0.25) is 10.0 Å². The average molecular weight is 385 g/mol. The molecule has 1 aromatic carbocycles. The van der Waals surface area contributed by atoms with Crippen molar-refractivity contribution >= 4 is 33.0 Å². The number of nitrogens with zero attached hydrogens (tertiary/aromatic N) is 1. The van der Waals surface area contributed by atoms with E-state index in [4.69, 9.17) is 11.6 Å². The highest BCUT2D eigenvalue weighted by molar-refractivity contribution is 7.89. The number of nitrogens with one attached hydrogen (secondary N) is 1. The van der Waals surface area contributed by atoms with Crippen LogP contribution in [0.25, 0.3) is 0 Å². The Morgan fingerprint density at radius 2 is 1.71 bits per heavy atom. The van der Waals surface area contributed by atoms with Crippen LogP contribution >= 0.6 is 22.9 Å². The van der Waals surface area contributed by atoms with Crippen molar-refractivity contribution in [2.45, 2.75) is 37.2 Å². The van der Waals surface area contributed by atoms with Crippen LogP contribution in [0.15, 0.2) is 41.3 Å². The van der Waals surface area contributed by atoms with Crippen molar-refractivity contribution in [1.29, 1.82) is 0 Å². The van der Waals surface area contributed by atoms with E-state index in [9.17, 15) is 8.42 Å². The Bertz CT molecular complexity index is 766.